The smallest absolute Gasteiger partial charge is 0.252 e. The number of hydrogen-bond acceptors (Lipinski definition) is 3. The highest BCUT2D eigenvalue weighted by Gasteiger charge is 2.49. The molecule has 1 fully saturated rings. The van der Waals surface area contributed by atoms with E-state index < -0.39 is 0 Å². The van der Waals surface area contributed by atoms with Gasteiger partial charge in [0.1, 0.15) is 11.2 Å². The maximum atomic E-state index is 6.76. The van der Waals surface area contributed by atoms with Crippen molar-refractivity contribution in [1.29, 1.82) is 0 Å². The quantitative estimate of drug-likeness (QED) is 0.165. The largest absolute Gasteiger partial charge is 0.456 e. The van der Waals surface area contributed by atoms with Crippen LogP contribution in [0.25, 0.3) is 21.9 Å². The average molecular weight is 827 g/mol. The zero-order valence-corrected chi connectivity index (χ0v) is 39.4. The van der Waals surface area contributed by atoms with E-state index in [2.05, 4.69) is 176 Å². The monoisotopic (exact) mass is 827 g/mol. The molecule has 0 N–H and O–H groups in total. The summed E-state index contributed by atoms with van der Waals surface area (Å²) in [6.07, 6.45) is 9.96. The summed E-state index contributed by atoms with van der Waals surface area (Å²) in [4.78, 5) is 5.41. The molecule has 63 heavy (non-hydrogen) atoms. The molecule has 0 radical (unpaired) electrons. The Labute approximate surface area is 376 Å². The molecule has 1 saturated carbocycles. The van der Waals surface area contributed by atoms with Crippen LogP contribution in [0.5, 0.6) is 0 Å². The highest BCUT2D eigenvalue weighted by Crippen LogP contribution is 2.55. The molecular formula is C59H63BN2O. The number of benzene rings is 6. The van der Waals surface area contributed by atoms with Gasteiger partial charge < -0.3 is 14.2 Å². The van der Waals surface area contributed by atoms with Gasteiger partial charge in [0.25, 0.3) is 6.71 Å². The summed E-state index contributed by atoms with van der Waals surface area (Å²) in [7, 11) is 0. The van der Waals surface area contributed by atoms with Gasteiger partial charge in [-0.3, -0.25) is 0 Å². The fourth-order valence-corrected chi connectivity index (χ4v) is 13.7. The minimum Gasteiger partial charge on any atom is -0.456 e. The van der Waals surface area contributed by atoms with Crippen molar-refractivity contribution in [3.8, 4) is 0 Å². The molecule has 6 aromatic carbocycles. The molecule has 0 atom stereocenters. The number of aryl methyl sites for hydroxylation is 2. The molecule has 0 amide bonds. The minimum atomic E-state index is 0.0353. The maximum absolute atomic E-state index is 6.76. The molecule has 0 unspecified atom stereocenters. The van der Waals surface area contributed by atoms with Gasteiger partial charge in [-0.2, -0.15) is 0 Å². The van der Waals surface area contributed by atoms with Crippen LogP contribution in [-0.2, 0) is 21.7 Å². The van der Waals surface area contributed by atoms with E-state index in [9.17, 15) is 0 Å². The lowest BCUT2D eigenvalue weighted by molar-refractivity contribution is 0.332. The summed E-state index contributed by atoms with van der Waals surface area (Å²) >= 11 is 0. The van der Waals surface area contributed by atoms with Crippen molar-refractivity contribution in [2.45, 2.75) is 148 Å². The molecule has 0 bridgehead atoms. The van der Waals surface area contributed by atoms with Gasteiger partial charge in [0.15, 0.2) is 0 Å². The third kappa shape index (κ3) is 5.64. The van der Waals surface area contributed by atoms with Crippen LogP contribution in [0.3, 0.4) is 0 Å². The van der Waals surface area contributed by atoms with E-state index in [-0.39, 0.29) is 28.4 Å². The second-order valence-corrected chi connectivity index (χ2v) is 23.1. The van der Waals surface area contributed by atoms with Gasteiger partial charge in [-0.15, -0.1) is 0 Å². The number of rotatable bonds is 3. The van der Waals surface area contributed by atoms with Crippen LogP contribution >= 0.6 is 0 Å². The summed E-state index contributed by atoms with van der Waals surface area (Å²) in [5, 5.41) is 2.38. The lowest BCUT2D eigenvalue weighted by Crippen LogP contribution is -2.61. The number of anilines is 6. The third-order valence-electron chi connectivity index (χ3n) is 16.9. The summed E-state index contributed by atoms with van der Waals surface area (Å²) in [6, 6.07) is 38.4. The van der Waals surface area contributed by atoms with Crippen molar-refractivity contribution in [1.82, 2.24) is 0 Å². The SMILES string of the molecule is Cc1ccccc1N1c2cc3oc4ccccc4c3cc2B2c3cc4c(cc3N(c3cc5c(cc3C)C(C)(C)CCC5(C)C)c3cc(C5CCCCC5)cc1c32)C(C)(C)CC4(C)C. The van der Waals surface area contributed by atoms with Crippen molar-refractivity contribution in [2.75, 3.05) is 9.80 Å². The van der Waals surface area contributed by atoms with Crippen molar-refractivity contribution in [3.05, 3.63) is 136 Å². The molecular weight excluding hydrogens is 763 g/mol. The predicted octanol–water partition coefficient (Wildman–Crippen LogP) is 14.6. The number of furan rings is 1. The Morgan fingerprint density at radius 1 is 0.492 bits per heavy atom. The topological polar surface area (TPSA) is 19.6 Å². The summed E-state index contributed by atoms with van der Waals surface area (Å²) < 4.78 is 6.76. The Morgan fingerprint density at radius 3 is 1.78 bits per heavy atom. The van der Waals surface area contributed by atoms with E-state index in [1.165, 1.54) is 145 Å². The second-order valence-electron chi connectivity index (χ2n) is 23.1. The van der Waals surface area contributed by atoms with Crippen LogP contribution in [-0.4, -0.2) is 6.71 Å². The Balaban J connectivity index is 1.24. The van der Waals surface area contributed by atoms with E-state index in [0.717, 1.165) is 17.6 Å². The van der Waals surface area contributed by atoms with Crippen LogP contribution in [0.4, 0.5) is 34.1 Å². The van der Waals surface area contributed by atoms with E-state index in [4.69, 9.17) is 4.42 Å². The molecule has 4 heteroatoms. The first-order chi connectivity index (χ1) is 30.0. The molecule has 3 nitrogen and oxygen atoms in total. The molecule has 2 aliphatic heterocycles. The fourth-order valence-electron chi connectivity index (χ4n) is 13.7. The number of fused-ring (bicyclic) bond motifs is 9. The zero-order chi connectivity index (χ0) is 43.5. The van der Waals surface area contributed by atoms with E-state index in [0.29, 0.717) is 5.92 Å². The number of hydrogen-bond donors (Lipinski definition) is 0. The number of nitrogens with zero attached hydrogens (tertiary/aromatic N) is 2. The first kappa shape index (κ1) is 39.4. The van der Waals surface area contributed by atoms with Gasteiger partial charge in [-0.1, -0.05) is 129 Å². The first-order valence-corrected chi connectivity index (χ1v) is 24.2. The van der Waals surface area contributed by atoms with Gasteiger partial charge in [0.05, 0.1) is 0 Å². The zero-order valence-electron chi connectivity index (χ0n) is 39.4. The Bertz CT molecular complexity index is 3080. The van der Waals surface area contributed by atoms with E-state index >= 15 is 0 Å². The Hall–Kier alpha value is -5.22. The van der Waals surface area contributed by atoms with Gasteiger partial charge >= 0.3 is 0 Å². The van der Waals surface area contributed by atoms with Crippen LogP contribution in [0.1, 0.15) is 152 Å². The van der Waals surface area contributed by atoms with Crippen LogP contribution in [0.2, 0.25) is 0 Å². The molecule has 3 aliphatic carbocycles. The third-order valence-corrected chi connectivity index (χ3v) is 16.9. The lowest BCUT2D eigenvalue weighted by atomic mass is 9.33. The van der Waals surface area contributed by atoms with Crippen molar-refractivity contribution < 1.29 is 4.42 Å². The van der Waals surface area contributed by atoms with Crippen LogP contribution in [0, 0.1) is 13.8 Å². The molecule has 0 saturated heterocycles. The molecule has 318 valence electrons. The van der Waals surface area contributed by atoms with Gasteiger partial charge in [-0.25, -0.2) is 0 Å². The molecule has 12 rings (SSSR count). The van der Waals surface area contributed by atoms with Crippen molar-refractivity contribution in [2.24, 2.45) is 0 Å². The molecule has 3 heterocycles. The highest BCUT2D eigenvalue weighted by molar-refractivity contribution is 7.00. The fraction of sp³-hybridized carbons (Fsp3) is 0.390. The normalized spacial score (nSPS) is 20.1. The van der Waals surface area contributed by atoms with Gasteiger partial charge in [-0.05, 0) is 165 Å². The van der Waals surface area contributed by atoms with Crippen LogP contribution < -0.4 is 26.2 Å². The molecule has 5 aliphatic rings. The lowest BCUT2D eigenvalue weighted by Gasteiger charge is -2.47. The highest BCUT2D eigenvalue weighted by atomic mass is 16.3. The molecule has 1 aromatic heterocycles. The second kappa shape index (κ2) is 13.2. The number of para-hydroxylation sites is 2. The molecule has 0 spiro atoms. The maximum Gasteiger partial charge on any atom is 0.252 e. The predicted molar refractivity (Wildman–Crippen MR) is 269 cm³/mol. The minimum absolute atomic E-state index is 0.0353. The van der Waals surface area contributed by atoms with E-state index in [1.807, 2.05) is 0 Å². The summed E-state index contributed by atoms with van der Waals surface area (Å²) in [5.41, 5.74) is 24.5. The van der Waals surface area contributed by atoms with Crippen molar-refractivity contribution >= 4 is 79.2 Å². The molecule has 7 aromatic rings. The Kier molecular flexibility index (Phi) is 8.24. The first-order valence-electron chi connectivity index (χ1n) is 24.2. The van der Waals surface area contributed by atoms with Gasteiger partial charge in [0, 0.05) is 51.0 Å². The van der Waals surface area contributed by atoms with E-state index in [1.54, 1.807) is 0 Å². The van der Waals surface area contributed by atoms with Gasteiger partial charge in [0.2, 0.25) is 0 Å². The Morgan fingerprint density at radius 2 is 1.06 bits per heavy atom. The summed E-state index contributed by atoms with van der Waals surface area (Å²) in [6.45, 7) is 24.6. The van der Waals surface area contributed by atoms with Crippen molar-refractivity contribution in [3.63, 3.8) is 0 Å². The average Bonchev–Trinajstić information content (AvgIpc) is 3.70. The van der Waals surface area contributed by atoms with Crippen LogP contribution in [0.15, 0.2) is 101 Å². The summed E-state index contributed by atoms with van der Waals surface area (Å²) in [5.74, 6) is 0.532. The standard InChI is InChI=1S/C59H63BN2O/c1-35-18-14-16-22-47(35)61-50-33-54-40(39-21-15-17-23-53(39)63-54)29-45(50)60-46-30-42-44(59(9,10)34-58(42,7)8)32-49(46)62(52-28-38(27-51(61)55(52)60)37-19-12-11-13-20-37)48-31-43-41(26-36(48)2)56(3,4)24-25-57(43,5)6/h14-18,21-23,26-33,37H,11-13,19-20,24-25,34H2,1-10H3.